The van der Waals surface area contributed by atoms with Crippen LogP contribution in [0, 0.1) is 11.3 Å². The van der Waals surface area contributed by atoms with Crippen molar-refractivity contribution in [1.29, 1.82) is 5.26 Å². The Morgan fingerprint density at radius 2 is 1.96 bits per heavy atom. The van der Waals surface area contributed by atoms with E-state index in [1.165, 1.54) is 12.2 Å². The summed E-state index contributed by atoms with van der Waals surface area (Å²) >= 11 is 0. The molecule has 3 rings (SSSR count). The first-order valence-electron chi connectivity index (χ1n) is 8.33. The van der Waals surface area contributed by atoms with Gasteiger partial charge >= 0.3 is 6.30 Å². The molecule has 0 aromatic heterocycles. The fourth-order valence-corrected chi connectivity index (χ4v) is 3.47. The molecule has 0 aromatic rings. The van der Waals surface area contributed by atoms with E-state index in [0.29, 0.717) is 18.5 Å². The van der Waals surface area contributed by atoms with Crippen molar-refractivity contribution in [2.24, 2.45) is 0 Å². The number of nitrogens with zero attached hydrogens (tertiary/aromatic N) is 2. The molecule has 0 fully saturated rings. The van der Waals surface area contributed by atoms with E-state index in [9.17, 15) is 18.4 Å². The summed E-state index contributed by atoms with van der Waals surface area (Å²) in [6, 6.07) is 1.87. The van der Waals surface area contributed by atoms with Gasteiger partial charge in [-0.25, -0.2) is 0 Å². The van der Waals surface area contributed by atoms with Gasteiger partial charge < -0.3 is 10.2 Å². The molecule has 1 heterocycles. The topological polar surface area (TPSA) is 51.1 Å². The van der Waals surface area contributed by atoms with Crippen molar-refractivity contribution < 1.29 is 13.2 Å². The lowest BCUT2D eigenvalue weighted by Gasteiger charge is -2.29. The predicted molar refractivity (Wildman–Crippen MR) is 93.1 cm³/mol. The highest BCUT2D eigenvalue weighted by atomic mass is 19.4. The van der Waals surface area contributed by atoms with E-state index in [-0.39, 0.29) is 11.7 Å². The highest BCUT2D eigenvalue weighted by Crippen LogP contribution is 2.40. The second-order valence-electron chi connectivity index (χ2n) is 6.07. The van der Waals surface area contributed by atoms with Gasteiger partial charge in [-0.2, -0.15) is 18.4 Å². The molecule has 0 radical (unpaired) electrons. The van der Waals surface area contributed by atoms with Gasteiger partial charge in [0.05, 0.1) is 17.3 Å². The van der Waals surface area contributed by atoms with Gasteiger partial charge in [-0.1, -0.05) is 18.2 Å². The highest BCUT2D eigenvalue weighted by molar-refractivity contribution is 5.63. The number of hydrogen-bond donors (Lipinski definition) is 2. The van der Waals surface area contributed by atoms with Gasteiger partial charge in [0.25, 0.3) is 0 Å². The fraction of sp³-hybridized carbons (Fsp3) is 0.316. The normalized spacial score (nSPS) is 24.9. The lowest BCUT2D eigenvalue weighted by molar-refractivity contribution is -0.148. The maximum Gasteiger partial charge on any atom is 0.482 e. The molecule has 1 unspecified atom stereocenters. The van der Waals surface area contributed by atoms with E-state index >= 15 is 0 Å². The molecular weight excluding hydrogens is 341 g/mol. The second kappa shape index (κ2) is 6.79. The maximum atomic E-state index is 12.6. The van der Waals surface area contributed by atoms with E-state index in [2.05, 4.69) is 11.4 Å². The summed E-state index contributed by atoms with van der Waals surface area (Å²) in [6.45, 7) is 2.52. The van der Waals surface area contributed by atoms with Gasteiger partial charge in [0, 0.05) is 25.0 Å². The first-order valence-corrected chi connectivity index (χ1v) is 8.33. The molecule has 0 saturated carbocycles. The van der Waals surface area contributed by atoms with Gasteiger partial charge in [0.15, 0.2) is 0 Å². The number of likely N-dealkylation sites (N-methyl/N-ethyl adjacent to an activating group) is 2. The number of halogens is 3. The lowest BCUT2D eigenvalue weighted by atomic mass is 9.97. The molecule has 1 aliphatic heterocycles. The van der Waals surface area contributed by atoms with Crippen LogP contribution < -0.4 is 10.6 Å². The Morgan fingerprint density at radius 1 is 1.23 bits per heavy atom. The van der Waals surface area contributed by atoms with Gasteiger partial charge in [-0.05, 0) is 42.7 Å². The molecule has 26 heavy (non-hydrogen) atoms. The summed E-state index contributed by atoms with van der Waals surface area (Å²) in [4.78, 5) is 1.98. The summed E-state index contributed by atoms with van der Waals surface area (Å²) in [5.41, 5.74) is 4.03. The van der Waals surface area contributed by atoms with Crippen molar-refractivity contribution >= 4 is 0 Å². The minimum absolute atomic E-state index is 0.00945. The lowest BCUT2D eigenvalue weighted by Crippen LogP contribution is -2.35. The Bertz CT molecular complexity index is 832. The summed E-state index contributed by atoms with van der Waals surface area (Å²) in [5.74, 6) is 0. The highest BCUT2D eigenvalue weighted by Gasteiger charge is 2.37. The third-order valence-electron chi connectivity index (χ3n) is 4.58. The number of alkyl halides is 3. The SMILES string of the molecule is CCN1C(=C2C=CC(NC)=CC2)C(C#N)=C2C=CC(NC(F)(F)F)=CC21. The van der Waals surface area contributed by atoms with Gasteiger partial charge in [-0.15, -0.1) is 0 Å². The summed E-state index contributed by atoms with van der Waals surface area (Å²) < 4.78 is 37.9. The Morgan fingerprint density at radius 3 is 2.50 bits per heavy atom. The average Bonchev–Trinajstić information content (AvgIpc) is 2.93. The van der Waals surface area contributed by atoms with Crippen molar-refractivity contribution in [3.63, 3.8) is 0 Å². The first-order chi connectivity index (χ1) is 12.4. The number of fused-ring (bicyclic) bond motifs is 1. The minimum Gasteiger partial charge on any atom is -0.388 e. The maximum absolute atomic E-state index is 12.6. The Kier molecular flexibility index (Phi) is 4.68. The summed E-state index contributed by atoms with van der Waals surface area (Å²) in [6.07, 6.45) is 6.59. The Hall–Kier alpha value is -2.88. The second-order valence-corrected chi connectivity index (χ2v) is 6.07. The molecule has 0 amide bonds. The molecule has 7 heteroatoms. The smallest absolute Gasteiger partial charge is 0.388 e. The number of nitriles is 1. The number of nitrogens with one attached hydrogen (secondary N) is 2. The van der Waals surface area contributed by atoms with Gasteiger partial charge in [-0.3, -0.25) is 5.32 Å². The molecule has 2 N–H and O–H groups in total. The van der Waals surface area contributed by atoms with Crippen LogP contribution in [0.15, 0.2) is 70.3 Å². The van der Waals surface area contributed by atoms with Crippen LogP contribution >= 0.6 is 0 Å². The van der Waals surface area contributed by atoms with Crippen molar-refractivity contribution in [2.45, 2.75) is 25.7 Å². The number of hydrogen-bond acceptors (Lipinski definition) is 4. The van der Waals surface area contributed by atoms with Crippen molar-refractivity contribution in [3.05, 3.63) is 70.3 Å². The van der Waals surface area contributed by atoms with E-state index in [0.717, 1.165) is 22.5 Å². The van der Waals surface area contributed by atoms with Crippen LogP contribution in [0.4, 0.5) is 13.2 Å². The quantitative estimate of drug-likeness (QED) is 0.758. The molecule has 4 nitrogen and oxygen atoms in total. The molecule has 0 bridgehead atoms. The first kappa shape index (κ1) is 17.9. The van der Waals surface area contributed by atoms with E-state index in [1.807, 2.05) is 37.1 Å². The fourth-order valence-electron chi connectivity index (χ4n) is 3.47. The molecule has 0 saturated heterocycles. The summed E-state index contributed by atoms with van der Waals surface area (Å²) in [5, 5.41) is 14.3. The van der Waals surface area contributed by atoms with Crippen LogP contribution in [0.1, 0.15) is 13.3 Å². The van der Waals surface area contributed by atoms with Crippen LogP contribution in [0.2, 0.25) is 0 Å². The number of rotatable bonds is 3. The predicted octanol–water partition coefficient (Wildman–Crippen LogP) is 3.39. The molecule has 136 valence electrons. The van der Waals surface area contributed by atoms with Crippen molar-refractivity contribution in [2.75, 3.05) is 13.6 Å². The molecule has 1 atom stereocenters. The van der Waals surface area contributed by atoms with Gasteiger partial charge in [0.1, 0.15) is 6.07 Å². The summed E-state index contributed by atoms with van der Waals surface area (Å²) in [7, 11) is 1.84. The third kappa shape index (κ3) is 3.27. The van der Waals surface area contributed by atoms with Crippen LogP contribution in [0.3, 0.4) is 0 Å². The Balaban J connectivity index is 2.02. The molecule has 2 aliphatic carbocycles. The average molecular weight is 360 g/mol. The minimum atomic E-state index is -4.49. The molecule has 0 aromatic carbocycles. The van der Waals surface area contributed by atoms with E-state index < -0.39 is 6.30 Å². The molecular formula is C19H19F3N4. The van der Waals surface area contributed by atoms with Crippen LogP contribution in [0.25, 0.3) is 0 Å². The zero-order valence-corrected chi connectivity index (χ0v) is 14.5. The Labute approximate surface area is 150 Å². The monoisotopic (exact) mass is 360 g/mol. The largest absolute Gasteiger partial charge is 0.482 e. The zero-order valence-electron chi connectivity index (χ0n) is 14.5. The van der Waals surface area contributed by atoms with Crippen molar-refractivity contribution in [1.82, 2.24) is 15.5 Å². The molecule has 3 aliphatic rings. The van der Waals surface area contributed by atoms with E-state index in [4.69, 9.17) is 0 Å². The molecule has 0 spiro atoms. The third-order valence-corrected chi connectivity index (χ3v) is 4.58. The van der Waals surface area contributed by atoms with Gasteiger partial charge in [0.2, 0.25) is 0 Å². The van der Waals surface area contributed by atoms with Crippen LogP contribution in [0.5, 0.6) is 0 Å². The van der Waals surface area contributed by atoms with E-state index in [1.54, 1.807) is 11.4 Å². The standard InChI is InChI=1S/C19H19F3N4/c1-3-26-17-10-14(25-19(20,21)22)8-9-15(17)16(11-23)18(26)12-4-6-13(24-2)7-5-12/h4,6-10,17,24-25H,3,5H2,1-2H3. The van der Waals surface area contributed by atoms with Crippen LogP contribution in [-0.4, -0.2) is 30.8 Å². The van der Waals surface area contributed by atoms with Crippen LogP contribution in [-0.2, 0) is 0 Å². The number of allylic oxidation sites excluding steroid dienone is 6. The van der Waals surface area contributed by atoms with Crippen molar-refractivity contribution in [3.8, 4) is 6.07 Å². The zero-order chi connectivity index (χ0) is 18.9.